The first kappa shape index (κ1) is 32.4. The van der Waals surface area contributed by atoms with E-state index in [2.05, 4.69) is 78.9 Å². The molecule has 0 radical (unpaired) electrons. The Labute approximate surface area is 321 Å². The molecule has 0 fully saturated rings. The topological polar surface area (TPSA) is 77.3 Å². The Morgan fingerprint density at radius 3 is 1.58 bits per heavy atom. The van der Waals surface area contributed by atoms with Crippen LogP contribution in [0, 0.1) is 0 Å². The van der Waals surface area contributed by atoms with E-state index >= 15 is 0 Å². The summed E-state index contributed by atoms with van der Waals surface area (Å²) in [6.45, 7) is 0. The average Bonchev–Trinajstić information content (AvgIpc) is 3.69. The van der Waals surface area contributed by atoms with Gasteiger partial charge in [-0.2, -0.15) is 0 Å². The van der Waals surface area contributed by atoms with Gasteiger partial charge in [-0.25, -0.2) is 19.9 Å². The van der Waals surface area contributed by atoms with Gasteiger partial charge in [0.15, 0.2) is 17.5 Å². The number of para-hydroxylation sites is 1. The maximum Gasteiger partial charge on any atom is 0.164 e. The summed E-state index contributed by atoms with van der Waals surface area (Å²) in [5.41, 5.74) is 10.7. The monoisotopic (exact) mass is 722 g/mol. The van der Waals surface area contributed by atoms with E-state index in [1.54, 1.807) is 11.3 Å². The van der Waals surface area contributed by atoms with Crippen LogP contribution >= 0.6 is 11.3 Å². The molecule has 0 bridgehead atoms. The van der Waals surface area contributed by atoms with Gasteiger partial charge in [-0.3, -0.25) is 9.97 Å². The quantitative estimate of drug-likeness (QED) is 0.163. The van der Waals surface area contributed by atoms with Crippen LogP contribution in [0.5, 0.6) is 0 Å². The number of aromatic nitrogens is 6. The van der Waals surface area contributed by atoms with Gasteiger partial charge >= 0.3 is 0 Å². The molecule has 0 N–H and O–H groups in total. The molecule has 5 aromatic carbocycles. The highest BCUT2D eigenvalue weighted by Crippen LogP contribution is 2.49. The number of thiophene rings is 1. The molecule has 0 amide bonds. The van der Waals surface area contributed by atoms with Crippen molar-refractivity contribution in [2.24, 2.45) is 0 Å². The van der Waals surface area contributed by atoms with Gasteiger partial charge in [0, 0.05) is 55.7 Å². The molecule has 258 valence electrons. The second-order valence-electron chi connectivity index (χ2n) is 13.1. The van der Waals surface area contributed by atoms with Crippen molar-refractivity contribution in [3.63, 3.8) is 0 Å². The Morgan fingerprint density at radius 1 is 0.382 bits per heavy atom. The fourth-order valence-electron chi connectivity index (χ4n) is 7.02. The minimum Gasteiger partial charge on any atom is -0.256 e. The van der Waals surface area contributed by atoms with Crippen LogP contribution in [0.25, 0.3) is 99.4 Å². The van der Waals surface area contributed by atoms with Crippen molar-refractivity contribution in [2.45, 2.75) is 0 Å². The molecule has 10 aromatic rings. The summed E-state index contributed by atoms with van der Waals surface area (Å²) in [4.78, 5) is 30.8. The molecule has 10 rings (SSSR count). The number of pyridine rings is 3. The lowest BCUT2D eigenvalue weighted by Gasteiger charge is -2.11. The molecule has 55 heavy (non-hydrogen) atoms. The summed E-state index contributed by atoms with van der Waals surface area (Å²) in [6, 6.07) is 57.6. The molecule has 0 saturated heterocycles. The maximum absolute atomic E-state index is 5.33. The Morgan fingerprint density at radius 2 is 0.927 bits per heavy atom. The number of fused-ring (bicyclic) bond motifs is 3. The minimum absolute atomic E-state index is 0.622. The number of hydrogen-bond acceptors (Lipinski definition) is 7. The van der Waals surface area contributed by atoms with E-state index in [-0.39, 0.29) is 0 Å². The number of rotatable bonds is 7. The molecule has 0 unspecified atom stereocenters. The lowest BCUT2D eigenvalue weighted by atomic mass is 9.96. The van der Waals surface area contributed by atoms with E-state index < -0.39 is 0 Å². The molecule has 0 aliphatic carbocycles. The normalized spacial score (nSPS) is 11.3. The number of hydrogen-bond donors (Lipinski definition) is 0. The largest absolute Gasteiger partial charge is 0.256 e. The predicted molar refractivity (Wildman–Crippen MR) is 224 cm³/mol. The SMILES string of the molecule is c1ccc(-c2nc(-c3ccccc3)nc(-c3cccc(-c4ccc(-c5nc6ccccc6c6sc(-c7ccccn7)c(-c7ccccn7)c56)cc4)c3)n2)cc1. The van der Waals surface area contributed by atoms with Gasteiger partial charge in [0.2, 0.25) is 0 Å². The number of nitrogens with zero attached hydrogens (tertiary/aromatic N) is 6. The highest BCUT2D eigenvalue weighted by molar-refractivity contribution is 7.24. The van der Waals surface area contributed by atoms with Crippen molar-refractivity contribution in [2.75, 3.05) is 0 Å². The zero-order chi connectivity index (χ0) is 36.6. The van der Waals surface area contributed by atoms with E-state index in [0.29, 0.717) is 17.5 Å². The summed E-state index contributed by atoms with van der Waals surface area (Å²) >= 11 is 1.75. The van der Waals surface area contributed by atoms with Gasteiger partial charge in [0.25, 0.3) is 0 Å². The molecular formula is C48H30N6S. The van der Waals surface area contributed by atoms with E-state index in [9.17, 15) is 0 Å². The summed E-state index contributed by atoms with van der Waals surface area (Å²) in [5, 5.41) is 2.19. The van der Waals surface area contributed by atoms with Crippen molar-refractivity contribution in [3.05, 3.63) is 182 Å². The fourth-order valence-corrected chi connectivity index (χ4v) is 8.35. The van der Waals surface area contributed by atoms with Crippen molar-refractivity contribution in [3.8, 4) is 78.4 Å². The lowest BCUT2D eigenvalue weighted by molar-refractivity contribution is 1.07. The molecule has 5 heterocycles. The van der Waals surface area contributed by atoms with E-state index in [4.69, 9.17) is 29.9 Å². The fraction of sp³-hybridized carbons (Fsp3) is 0. The van der Waals surface area contributed by atoms with E-state index in [1.807, 2.05) is 103 Å². The van der Waals surface area contributed by atoms with Crippen LogP contribution in [-0.4, -0.2) is 29.9 Å². The summed E-state index contributed by atoms with van der Waals surface area (Å²) in [6.07, 6.45) is 3.69. The first-order valence-corrected chi connectivity index (χ1v) is 18.8. The van der Waals surface area contributed by atoms with Gasteiger partial charge in [0.1, 0.15) is 0 Å². The van der Waals surface area contributed by atoms with E-state index in [1.165, 1.54) is 4.70 Å². The minimum atomic E-state index is 0.622. The second-order valence-corrected chi connectivity index (χ2v) is 14.1. The van der Waals surface area contributed by atoms with Gasteiger partial charge in [-0.05, 0) is 47.5 Å². The maximum atomic E-state index is 5.33. The van der Waals surface area contributed by atoms with Crippen LogP contribution < -0.4 is 0 Å². The van der Waals surface area contributed by atoms with Crippen LogP contribution in [0.2, 0.25) is 0 Å². The van der Waals surface area contributed by atoms with Crippen molar-refractivity contribution >= 4 is 32.3 Å². The van der Waals surface area contributed by atoms with Crippen LogP contribution in [0.15, 0.2) is 182 Å². The highest BCUT2D eigenvalue weighted by atomic mass is 32.1. The molecule has 7 heteroatoms. The summed E-state index contributed by atoms with van der Waals surface area (Å²) < 4.78 is 1.17. The van der Waals surface area contributed by atoms with Crippen molar-refractivity contribution in [1.82, 2.24) is 29.9 Å². The molecule has 6 nitrogen and oxygen atoms in total. The average molecular weight is 723 g/mol. The van der Waals surface area contributed by atoms with Crippen LogP contribution in [0.1, 0.15) is 0 Å². The molecule has 0 saturated carbocycles. The molecule has 5 aromatic heterocycles. The molecule has 0 atom stereocenters. The lowest BCUT2D eigenvalue weighted by Crippen LogP contribution is -2.00. The van der Waals surface area contributed by atoms with Crippen LogP contribution in [-0.2, 0) is 0 Å². The Kier molecular flexibility index (Phi) is 8.24. The van der Waals surface area contributed by atoms with E-state index in [0.717, 1.165) is 77.2 Å². The van der Waals surface area contributed by atoms with Crippen LogP contribution in [0.4, 0.5) is 0 Å². The first-order chi connectivity index (χ1) is 27.3. The first-order valence-electron chi connectivity index (χ1n) is 18.0. The molecule has 0 spiro atoms. The smallest absolute Gasteiger partial charge is 0.164 e. The standard InChI is InChI=1S/C48H30N6S/c1-3-14-33(15-4-1)46-52-47(34-16-5-2-6-17-34)54-48(53-46)36-19-13-18-35(30-36)31-24-26-32(27-25-31)43-42-41(39-22-9-11-28-49-39)45(40-23-10-12-29-50-40)55-44(42)37-20-7-8-21-38(37)51-43/h1-30H. The summed E-state index contributed by atoms with van der Waals surface area (Å²) in [7, 11) is 0. The van der Waals surface area contributed by atoms with Crippen molar-refractivity contribution in [1.29, 1.82) is 0 Å². The van der Waals surface area contributed by atoms with Gasteiger partial charge < -0.3 is 0 Å². The Hall–Kier alpha value is -7.22. The predicted octanol–water partition coefficient (Wildman–Crippen LogP) is 12.1. The van der Waals surface area contributed by atoms with Crippen molar-refractivity contribution < 1.29 is 0 Å². The number of benzene rings is 5. The third-order valence-electron chi connectivity index (χ3n) is 9.66. The zero-order valence-corrected chi connectivity index (χ0v) is 30.2. The van der Waals surface area contributed by atoms with Gasteiger partial charge in [-0.1, -0.05) is 133 Å². The molecule has 0 aliphatic heterocycles. The third-order valence-corrected chi connectivity index (χ3v) is 10.9. The Balaban J connectivity index is 1.09. The molecule has 0 aliphatic rings. The molecular weight excluding hydrogens is 693 g/mol. The Bertz CT molecular complexity index is 2890. The summed E-state index contributed by atoms with van der Waals surface area (Å²) in [5.74, 6) is 1.90. The third kappa shape index (κ3) is 6.12. The second kappa shape index (κ2) is 14.0. The zero-order valence-electron chi connectivity index (χ0n) is 29.4. The van der Waals surface area contributed by atoms with Crippen LogP contribution in [0.3, 0.4) is 0 Å². The van der Waals surface area contributed by atoms with Gasteiger partial charge in [0.05, 0.1) is 27.5 Å². The van der Waals surface area contributed by atoms with Gasteiger partial charge in [-0.15, -0.1) is 11.3 Å². The highest BCUT2D eigenvalue weighted by Gasteiger charge is 2.24.